The van der Waals surface area contributed by atoms with Gasteiger partial charge in [-0.1, -0.05) is 0 Å². The standard InChI is InChI=1S/Fe.3H3O4P.6O.3U/c;3*1-5(2,3)4;;;;;;;;;/h;3*(H3,1,2,3,4);;;;;;;;;/q+3;;;;;;;;;;3*+2/p-9. The van der Waals surface area contributed by atoms with E-state index in [2.05, 4.69) is 0 Å². The second-order valence-corrected chi connectivity index (χ2v) is 6.36. The molecule has 1 radical (unpaired) electrons. The van der Waals surface area contributed by atoms with Gasteiger partial charge in [-0.3, -0.25) is 0 Å². The molecule has 0 aliphatic heterocycles. The Kier molecular flexibility index (Phi) is 58.2. The van der Waals surface area contributed by atoms with Crippen LogP contribution in [0.3, 0.4) is 0 Å². The molecule has 0 aromatic heterocycles. The van der Waals surface area contributed by atoms with Gasteiger partial charge in [-0.25, -0.2) is 0 Å². The summed E-state index contributed by atoms with van der Waals surface area (Å²) in [6.07, 6.45) is 0. The molecule has 0 saturated carbocycles. The van der Waals surface area contributed by atoms with Crippen LogP contribution in [0.1, 0.15) is 0 Å². The summed E-state index contributed by atoms with van der Waals surface area (Å²) in [4.78, 5) is 76.9. The molecule has 0 fully saturated rings. The van der Waals surface area contributed by atoms with E-state index in [-0.39, 0.29) is 17.1 Å². The van der Waals surface area contributed by atoms with E-state index in [0.717, 1.165) is 0 Å². The van der Waals surface area contributed by atoms with Crippen LogP contribution in [-0.2, 0) is 44.2 Å². The van der Waals surface area contributed by atoms with E-state index in [1.807, 2.05) is 0 Å². The van der Waals surface area contributed by atoms with E-state index in [1.165, 1.54) is 0 Å². The Labute approximate surface area is 192 Å². The number of hydrogen-bond donors (Lipinski definition) is 0. The predicted molar refractivity (Wildman–Crippen MR) is 26.9 cm³/mol. The molecular formula is FeO18P3U3. The van der Waals surface area contributed by atoms with E-state index >= 15 is 0 Å². The van der Waals surface area contributed by atoms with Gasteiger partial charge in [0.1, 0.15) is 0 Å². The van der Waals surface area contributed by atoms with E-state index in [0.29, 0.717) is 0 Å². The molecular weight excluding hydrogens is 1150 g/mol. The number of hydrogen-bond acceptors (Lipinski definition) is 18. The molecule has 0 aliphatic rings. The van der Waals surface area contributed by atoms with Crippen LogP contribution < -0.4 is 44.0 Å². The summed E-state index contributed by atoms with van der Waals surface area (Å²) in [6.45, 7) is 0. The van der Waals surface area contributed by atoms with Gasteiger partial charge >= 0.3 is 114 Å². The van der Waals surface area contributed by atoms with Crippen molar-refractivity contribution >= 4 is 23.5 Å². The van der Waals surface area contributed by atoms with Crippen LogP contribution in [0.2, 0.25) is 0 Å². The maximum absolute atomic E-state index is 8.58. The minimum absolute atomic E-state index is 0. The zero-order valence-corrected chi connectivity index (χ0v) is 26.8. The summed E-state index contributed by atoms with van der Waals surface area (Å²) in [6, 6.07) is 0. The Hall–Kier alpha value is 2.81. The van der Waals surface area contributed by atoms with Crippen LogP contribution in [0.5, 0.6) is 0 Å². The van der Waals surface area contributed by atoms with E-state index in [1.54, 1.807) is 0 Å². The summed E-state index contributed by atoms with van der Waals surface area (Å²) < 4.78 is 77.2. The second-order valence-electron chi connectivity index (χ2n) is 1.59. The third kappa shape index (κ3) is 2100. The van der Waals surface area contributed by atoms with Crippen molar-refractivity contribution in [3.8, 4) is 0 Å². The summed E-state index contributed by atoms with van der Waals surface area (Å²) in [7, 11) is -16.2. The summed E-state index contributed by atoms with van der Waals surface area (Å²) in [5, 5.41) is 0. The molecule has 0 spiro atoms. The average Bonchev–Trinajstić information content (AvgIpc) is 2.10. The first-order valence-electron chi connectivity index (χ1n) is 3.42. The van der Waals surface area contributed by atoms with Crippen molar-refractivity contribution in [2.75, 3.05) is 0 Å². The molecule has 0 heterocycles. The molecule has 0 unspecified atom stereocenters. The average molecular weight is 1150 g/mol. The molecule has 25 heavy (non-hydrogen) atoms. The first-order valence-corrected chi connectivity index (χ1v) is 18.0. The van der Waals surface area contributed by atoms with Gasteiger partial charge in [-0.2, -0.15) is 23.5 Å². The fourth-order valence-corrected chi connectivity index (χ4v) is 0. The molecule has 0 aliphatic carbocycles. The van der Waals surface area contributed by atoms with Gasteiger partial charge in [-0.05, 0) is 0 Å². The van der Waals surface area contributed by atoms with Gasteiger partial charge < -0.3 is 57.7 Å². The summed E-state index contributed by atoms with van der Waals surface area (Å²) in [5.41, 5.74) is 0. The molecule has 143 valence electrons. The fourth-order valence-electron chi connectivity index (χ4n) is 0. The molecule has 0 saturated heterocycles. The maximum atomic E-state index is 8.58. The fraction of sp³-hybridized carbons (Fsp3) is 0. The zero-order chi connectivity index (χ0) is 21.6. The molecule has 0 N–H and O–H groups in total. The third-order valence-electron chi connectivity index (χ3n) is 0. The van der Waals surface area contributed by atoms with Crippen molar-refractivity contribution in [1.82, 2.24) is 0 Å². The molecule has 0 aromatic carbocycles. The van der Waals surface area contributed by atoms with Crippen LogP contribution in [0.25, 0.3) is 0 Å². The van der Waals surface area contributed by atoms with Gasteiger partial charge in [-0.15, -0.1) is 0 Å². The first kappa shape index (κ1) is 46.2. The first-order chi connectivity index (χ1) is 10.2. The van der Waals surface area contributed by atoms with Crippen molar-refractivity contribution in [3.05, 3.63) is 0 Å². The minimum atomic E-state index is -5.39. The van der Waals surface area contributed by atoms with Gasteiger partial charge in [0.15, 0.2) is 0 Å². The van der Waals surface area contributed by atoms with E-state index < -0.39 is 107 Å². The molecule has 0 atom stereocenters. The zero-order valence-electron chi connectivity index (χ0n) is 10.5. The predicted octanol–water partition coefficient (Wildman–Crippen LogP) is -9.19. The Bertz CT molecular complexity index is 401. The SMILES string of the molecule is O=P([O-])([O-])[O-].O=P([O-])([O-])[O-].O=P([O-])([O-])[O-].[Fe+3].[O]=[U+2]=[O].[O]=[U+2]=[O].[O]=[U+2]=[O]. The van der Waals surface area contributed by atoms with Gasteiger partial charge in [0.05, 0.1) is 0 Å². The molecule has 18 nitrogen and oxygen atoms in total. The Morgan fingerprint density at radius 3 is 0.400 bits per heavy atom. The number of rotatable bonds is 0. The van der Waals surface area contributed by atoms with Crippen LogP contribution in [-0.4, -0.2) is 0 Å². The molecule has 0 aromatic rings. The molecule has 0 bridgehead atoms. The topological polar surface area (TPSA) is 361 Å². The van der Waals surface area contributed by atoms with Gasteiger partial charge in [0, 0.05) is 0 Å². The summed E-state index contributed by atoms with van der Waals surface area (Å²) >= 11 is -7.52. The Morgan fingerprint density at radius 1 is 0.400 bits per heavy atom. The molecule has 0 rings (SSSR count). The van der Waals surface area contributed by atoms with Crippen molar-refractivity contribution in [2.45, 2.75) is 0 Å². The van der Waals surface area contributed by atoms with Crippen LogP contribution in [0.4, 0.5) is 0 Å². The molecule has 25 heteroatoms. The molecule has 0 amide bonds. The van der Waals surface area contributed by atoms with Crippen molar-refractivity contribution < 1.29 is 172 Å². The van der Waals surface area contributed by atoms with Crippen molar-refractivity contribution in [3.63, 3.8) is 0 Å². The van der Waals surface area contributed by atoms with Crippen molar-refractivity contribution in [1.29, 1.82) is 0 Å². The third-order valence-corrected chi connectivity index (χ3v) is 0. The summed E-state index contributed by atoms with van der Waals surface area (Å²) in [5.74, 6) is 0. The Morgan fingerprint density at radius 2 is 0.400 bits per heavy atom. The van der Waals surface area contributed by atoms with Crippen LogP contribution in [0.15, 0.2) is 0 Å². The van der Waals surface area contributed by atoms with Crippen molar-refractivity contribution in [2.24, 2.45) is 0 Å². The number of phosphoric acid groups is 3. The second kappa shape index (κ2) is 31.5. The Balaban J connectivity index is -0.0000000314. The van der Waals surface area contributed by atoms with E-state index in [9.17, 15) is 0 Å². The van der Waals surface area contributed by atoms with Gasteiger partial charge in [0.25, 0.3) is 0 Å². The monoisotopic (exact) mass is 1150 g/mol. The van der Waals surface area contributed by atoms with E-state index in [4.69, 9.17) is 71.1 Å². The quantitative estimate of drug-likeness (QED) is 0.161. The van der Waals surface area contributed by atoms with Gasteiger partial charge in [0.2, 0.25) is 0 Å². The van der Waals surface area contributed by atoms with Crippen LogP contribution >= 0.6 is 23.5 Å². The normalized spacial score (nSPS) is 8.04. The van der Waals surface area contributed by atoms with Crippen LogP contribution in [0, 0.1) is 83.5 Å².